The molecule has 0 aliphatic rings. The Hall–Kier alpha value is -2.76. The number of phenolic OH excluding ortho intramolecular Hbond substituents is 1. The van der Waals surface area contributed by atoms with Crippen molar-refractivity contribution < 1.29 is 19.1 Å². The van der Waals surface area contributed by atoms with Gasteiger partial charge in [0.2, 0.25) is 5.91 Å². The minimum absolute atomic E-state index is 0.0230. The van der Waals surface area contributed by atoms with Gasteiger partial charge in [-0.2, -0.15) is 0 Å². The third-order valence-corrected chi connectivity index (χ3v) is 2.62. The summed E-state index contributed by atoms with van der Waals surface area (Å²) in [7, 11) is 0. The van der Waals surface area contributed by atoms with Crippen LogP contribution in [0, 0.1) is 6.92 Å². The van der Waals surface area contributed by atoms with Gasteiger partial charge < -0.3 is 20.2 Å². The van der Waals surface area contributed by atoms with Gasteiger partial charge in [0.25, 0.3) is 5.91 Å². The highest BCUT2D eigenvalue weighted by molar-refractivity contribution is 5.99. The Balaban J connectivity index is 1.90. The predicted octanol–water partition coefficient (Wildman–Crippen LogP) is 1.66. The molecule has 20 heavy (non-hydrogen) atoms. The molecular formula is C14H14N2O4. The molecule has 0 saturated heterocycles. The molecule has 0 bridgehead atoms. The van der Waals surface area contributed by atoms with E-state index < -0.39 is 11.8 Å². The molecule has 0 spiro atoms. The van der Waals surface area contributed by atoms with Crippen molar-refractivity contribution in [2.45, 2.75) is 6.92 Å². The Morgan fingerprint density at radius 2 is 2.10 bits per heavy atom. The Bertz CT molecular complexity index is 620. The number of anilines is 1. The van der Waals surface area contributed by atoms with Crippen molar-refractivity contribution in [1.29, 1.82) is 0 Å². The van der Waals surface area contributed by atoms with Crippen LogP contribution in [-0.4, -0.2) is 23.5 Å². The number of hydrogen-bond acceptors (Lipinski definition) is 4. The van der Waals surface area contributed by atoms with Gasteiger partial charge in [-0.25, -0.2) is 0 Å². The van der Waals surface area contributed by atoms with Gasteiger partial charge in [-0.1, -0.05) is 6.07 Å². The maximum absolute atomic E-state index is 11.7. The third-order valence-electron chi connectivity index (χ3n) is 2.62. The SMILES string of the molecule is Cc1ccc(O)c(NC(=O)CNC(=O)c2ccoc2)c1. The van der Waals surface area contributed by atoms with E-state index in [0.29, 0.717) is 11.3 Å². The van der Waals surface area contributed by atoms with Crippen molar-refractivity contribution in [1.82, 2.24) is 5.32 Å². The van der Waals surface area contributed by atoms with E-state index in [1.807, 2.05) is 6.92 Å². The fourth-order valence-electron chi connectivity index (χ4n) is 1.60. The number of benzene rings is 1. The fraction of sp³-hybridized carbons (Fsp3) is 0.143. The Morgan fingerprint density at radius 1 is 1.30 bits per heavy atom. The quantitative estimate of drug-likeness (QED) is 0.739. The van der Waals surface area contributed by atoms with Crippen molar-refractivity contribution in [3.05, 3.63) is 47.9 Å². The average Bonchev–Trinajstić information content (AvgIpc) is 2.94. The summed E-state index contributed by atoms with van der Waals surface area (Å²) in [6, 6.07) is 6.37. The van der Waals surface area contributed by atoms with Crippen LogP contribution in [-0.2, 0) is 4.79 Å². The lowest BCUT2D eigenvalue weighted by atomic mass is 10.2. The minimum atomic E-state index is -0.428. The van der Waals surface area contributed by atoms with Crippen LogP contribution in [0.25, 0.3) is 0 Å². The van der Waals surface area contributed by atoms with E-state index in [0.717, 1.165) is 5.56 Å². The minimum Gasteiger partial charge on any atom is -0.506 e. The summed E-state index contributed by atoms with van der Waals surface area (Å²) in [5.74, 6) is -0.852. The molecular weight excluding hydrogens is 260 g/mol. The second-order valence-corrected chi connectivity index (χ2v) is 4.26. The van der Waals surface area contributed by atoms with Crippen molar-refractivity contribution in [3.63, 3.8) is 0 Å². The Kier molecular flexibility index (Phi) is 4.05. The normalized spacial score (nSPS) is 10.1. The number of amides is 2. The van der Waals surface area contributed by atoms with Crippen LogP contribution in [0.1, 0.15) is 15.9 Å². The molecule has 0 fully saturated rings. The Labute approximate surface area is 115 Å². The first-order valence-electron chi connectivity index (χ1n) is 5.96. The van der Waals surface area contributed by atoms with Crippen LogP contribution < -0.4 is 10.6 Å². The molecule has 104 valence electrons. The van der Waals surface area contributed by atoms with Gasteiger partial charge in [-0.15, -0.1) is 0 Å². The number of furan rings is 1. The van der Waals surface area contributed by atoms with Crippen LogP contribution in [0.2, 0.25) is 0 Å². The van der Waals surface area contributed by atoms with Crippen molar-refractivity contribution in [3.8, 4) is 5.75 Å². The summed E-state index contributed by atoms with van der Waals surface area (Å²) in [5.41, 5.74) is 1.56. The second kappa shape index (κ2) is 5.92. The Morgan fingerprint density at radius 3 is 2.80 bits per heavy atom. The number of nitrogens with one attached hydrogen (secondary N) is 2. The van der Waals surface area contributed by atoms with Gasteiger partial charge in [0.15, 0.2) is 0 Å². The van der Waals surface area contributed by atoms with Crippen molar-refractivity contribution in [2.24, 2.45) is 0 Å². The van der Waals surface area contributed by atoms with Gasteiger partial charge in [-0.3, -0.25) is 9.59 Å². The molecule has 1 aromatic heterocycles. The van der Waals surface area contributed by atoms with E-state index in [9.17, 15) is 14.7 Å². The van der Waals surface area contributed by atoms with Crippen molar-refractivity contribution in [2.75, 3.05) is 11.9 Å². The van der Waals surface area contributed by atoms with E-state index >= 15 is 0 Å². The van der Waals surface area contributed by atoms with Gasteiger partial charge in [-0.05, 0) is 30.7 Å². The molecule has 3 N–H and O–H groups in total. The molecule has 0 aliphatic heterocycles. The van der Waals surface area contributed by atoms with Gasteiger partial charge in [0, 0.05) is 0 Å². The zero-order valence-electron chi connectivity index (χ0n) is 10.8. The molecule has 6 heteroatoms. The number of carbonyl (C=O) groups excluding carboxylic acids is 2. The zero-order chi connectivity index (χ0) is 14.5. The van der Waals surface area contributed by atoms with Crippen LogP contribution >= 0.6 is 0 Å². The molecule has 0 radical (unpaired) electrons. The van der Waals surface area contributed by atoms with Gasteiger partial charge in [0.1, 0.15) is 12.0 Å². The molecule has 0 aliphatic carbocycles. The average molecular weight is 274 g/mol. The number of rotatable bonds is 4. The lowest BCUT2D eigenvalue weighted by Crippen LogP contribution is -2.32. The number of aromatic hydroxyl groups is 1. The first-order valence-corrected chi connectivity index (χ1v) is 5.96. The molecule has 6 nitrogen and oxygen atoms in total. The highest BCUT2D eigenvalue weighted by Crippen LogP contribution is 2.23. The van der Waals surface area contributed by atoms with E-state index in [1.165, 1.54) is 24.7 Å². The third kappa shape index (κ3) is 3.38. The first-order chi connectivity index (χ1) is 9.56. The summed E-state index contributed by atoms with van der Waals surface area (Å²) < 4.78 is 4.77. The van der Waals surface area contributed by atoms with E-state index in [2.05, 4.69) is 10.6 Å². The first kappa shape index (κ1) is 13.7. The molecule has 0 atom stereocenters. The summed E-state index contributed by atoms with van der Waals surface area (Å²) in [6.07, 6.45) is 2.67. The van der Waals surface area contributed by atoms with Crippen LogP contribution in [0.4, 0.5) is 5.69 Å². The lowest BCUT2D eigenvalue weighted by molar-refractivity contribution is -0.115. The number of carbonyl (C=O) groups is 2. The summed E-state index contributed by atoms with van der Waals surface area (Å²) in [6.45, 7) is 1.65. The van der Waals surface area contributed by atoms with Crippen molar-refractivity contribution >= 4 is 17.5 Å². The smallest absolute Gasteiger partial charge is 0.254 e. The highest BCUT2D eigenvalue weighted by atomic mass is 16.3. The second-order valence-electron chi connectivity index (χ2n) is 4.26. The fourth-order valence-corrected chi connectivity index (χ4v) is 1.60. The standard InChI is InChI=1S/C14H14N2O4/c1-9-2-3-12(17)11(6-9)16-13(18)7-15-14(19)10-4-5-20-8-10/h2-6,8,17H,7H2,1H3,(H,15,19)(H,16,18). The van der Waals surface area contributed by atoms with E-state index in [1.54, 1.807) is 12.1 Å². The number of phenols is 1. The lowest BCUT2D eigenvalue weighted by Gasteiger charge is -2.08. The number of hydrogen-bond donors (Lipinski definition) is 3. The molecule has 0 unspecified atom stereocenters. The molecule has 1 heterocycles. The van der Waals surface area contributed by atoms with E-state index in [-0.39, 0.29) is 12.3 Å². The topological polar surface area (TPSA) is 91.6 Å². The predicted molar refractivity (Wildman–Crippen MR) is 72.5 cm³/mol. The maximum atomic E-state index is 11.7. The van der Waals surface area contributed by atoms with Crippen LogP contribution in [0.3, 0.4) is 0 Å². The van der Waals surface area contributed by atoms with E-state index in [4.69, 9.17) is 4.42 Å². The summed E-state index contributed by atoms with van der Waals surface area (Å²) >= 11 is 0. The number of aryl methyl sites for hydroxylation is 1. The summed E-state index contributed by atoms with van der Waals surface area (Å²) in [5, 5.41) is 14.6. The molecule has 2 amide bonds. The van der Waals surface area contributed by atoms with Crippen LogP contribution in [0.15, 0.2) is 41.2 Å². The van der Waals surface area contributed by atoms with Crippen LogP contribution in [0.5, 0.6) is 5.75 Å². The molecule has 1 aromatic carbocycles. The molecule has 0 saturated carbocycles. The zero-order valence-corrected chi connectivity index (χ0v) is 10.8. The molecule has 2 aromatic rings. The monoisotopic (exact) mass is 274 g/mol. The highest BCUT2D eigenvalue weighted by Gasteiger charge is 2.10. The maximum Gasteiger partial charge on any atom is 0.254 e. The van der Waals surface area contributed by atoms with Gasteiger partial charge >= 0.3 is 0 Å². The largest absolute Gasteiger partial charge is 0.506 e. The molecule has 2 rings (SSSR count). The summed E-state index contributed by atoms with van der Waals surface area (Å²) in [4.78, 5) is 23.3. The van der Waals surface area contributed by atoms with Gasteiger partial charge in [0.05, 0.1) is 24.1 Å².